The lowest BCUT2D eigenvalue weighted by Gasteiger charge is -2.34. The number of aryl methyl sites for hydroxylation is 1. The summed E-state index contributed by atoms with van der Waals surface area (Å²) in [6, 6.07) is 28.4. The van der Waals surface area contributed by atoms with Gasteiger partial charge >= 0.3 is 0 Å². The Hall–Kier alpha value is -3.85. The standard InChI is InChI=1S/C35H37Cl2N3O4S/c1-3-4-22-38-35(42)33(23-27-10-6-5-7-11-27)39(24-28-16-18-29(36)19-17-28)34(41)25-40(32-13-9-8-12-31(32)37)45(43,44)30-20-14-26(2)15-21-30/h5-21,33H,3-4,22-25H2,1-2H3,(H,38,42). The second kappa shape index (κ2) is 15.9. The molecular formula is C35H37Cl2N3O4S. The number of amides is 2. The summed E-state index contributed by atoms with van der Waals surface area (Å²) in [4.78, 5) is 29.7. The number of halogens is 2. The molecule has 0 spiro atoms. The Labute approximate surface area is 275 Å². The van der Waals surface area contributed by atoms with E-state index in [2.05, 4.69) is 5.32 Å². The van der Waals surface area contributed by atoms with E-state index in [-0.39, 0.29) is 34.5 Å². The highest BCUT2D eigenvalue weighted by Gasteiger charge is 2.35. The topological polar surface area (TPSA) is 86.8 Å². The Kier molecular flexibility index (Phi) is 12.0. The predicted octanol–water partition coefficient (Wildman–Crippen LogP) is 7.05. The smallest absolute Gasteiger partial charge is 0.264 e. The van der Waals surface area contributed by atoms with E-state index in [1.807, 2.05) is 44.2 Å². The lowest BCUT2D eigenvalue weighted by Crippen LogP contribution is -2.53. The highest BCUT2D eigenvalue weighted by Crippen LogP contribution is 2.31. The third-order valence-corrected chi connectivity index (χ3v) is 9.72. The number of nitrogens with zero attached hydrogens (tertiary/aromatic N) is 2. The minimum atomic E-state index is -4.24. The molecule has 0 fully saturated rings. The van der Waals surface area contributed by atoms with Crippen LogP contribution in [0.5, 0.6) is 0 Å². The molecule has 0 saturated heterocycles. The van der Waals surface area contributed by atoms with E-state index in [4.69, 9.17) is 23.2 Å². The Morgan fingerprint density at radius 2 is 1.47 bits per heavy atom. The van der Waals surface area contributed by atoms with Gasteiger partial charge in [0.1, 0.15) is 12.6 Å². The number of anilines is 1. The summed E-state index contributed by atoms with van der Waals surface area (Å²) in [7, 11) is -4.24. The molecule has 0 aromatic heterocycles. The van der Waals surface area contributed by atoms with E-state index in [9.17, 15) is 18.0 Å². The van der Waals surface area contributed by atoms with Gasteiger partial charge in [-0.3, -0.25) is 13.9 Å². The number of para-hydroxylation sites is 1. The van der Waals surface area contributed by atoms with Gasteiger partial charge in [0.2, 0.25) is 11.8 Å². The molecule has 0 aliphatic carbocycles. The molecule has 1 atom stereocenters. The van der Waals surface area contributed by atoms with Crippen molar-refractivity contribution in [3.05, 3.63) is 130 Å². The summed E-state index contributed by atoms with van der Waals surface area (Å²) in [5.74, 6) is -0.882. The molecule has 0 aliphatic rings. The van der Waals surface area contributed by atoms with Crippen molar-refractivity contribution in [3.63, 3.8) is 0 Å². The lowest BCUT2D eigenvalue weighted by atomic mass is 10.0. The fourth-order valence-corrected chi connectivity index (χ4v) is 6.70. The third-order valence-electron chi connectivity index (χ3n) is 7.38. The van der Waals surface area contributed by atoms with Gasteiger partial charge in [0.25, 0.3) is 10.0 Å². The molecule has 1 unspecified atom stereocenters. The van der Waals surface area contributed by atoms with Crippen LogP contribution in [0.3, 0.4) is 0 Å². The predicted molar refractivity (Wildman–Crippen MR) is 181 cm³/mol. The number of sulfonamides is 1. The second-order valence-corrected chi connectivity index (χ2v) is 13.5. The molecule has 2 amide bonds. The highest BCUT2D eigenvalue weighted by atomic mass is 35.5. The normalized spacial score (nSPS) is 11.9. The Balaban J connectivity index is 1.79. The Morgan fingerprint density at radius 1 is 0.822 bits per heavy atom. The fraction of sp³-hybridized carbons (Fsp3) is 0.257. The van der Waals surface area contributed by atoms with Gasteiger partial charge < -0.3 is 10.2 Å². The number of nitrogens with one attached hydrogen (secondary N) is 1. The maximum Gasteiger partial charge on any atom is 0.264 e. The molecule has 4 rings (SSSR count). The van der Waals surface area contributed by atoms with Crippen LogP contribution in [0.25, 0.3) is 0 Å². The van der Waals surface area contributed by atoms with Crippen molar-refractivity contribution >= 4 is 50.7 Å². The number of carbonyl (C=O) groups is 2. The van der Waals surface area contributed by atoms with Gasteiger partial charge in [-0.1, -0.05) is 109 Å². The van der Waals surface area contributed by atoms with Crippen LogP contribution in [0.15, 0.2) is 108 Å². The average molecular weight is 667 g/mol. The minimum Gasteiger partial charge on any atom is -0.354 e. The van der Waals surface area contributed by atoms with Gasteiger partial charge in [-0.15, -0.1) is 0 Å². The molecule has 7 nitrogen and oxygen atoms in total. The highest BCUT2D eigenvalue weighted by molar-refractivity contribution is 7.92. The van der Waals surface area contributed by atoms with Crippen molar-refractivity contribution in [1.29, 1.82) is 0 Å². The largest absolute Gasteiger partial charge is 0.354 e. The molecule has 45 heavy (non-hydrogen) atoms. The number of hydrogen-bond donors (Lipinski definition) is 1. The van der Waals surface area contributed by atoms with Crippen molar-refractivity contribution in [1.82, 2.24) is 10.2 Å². The number of carbonyl (C=O) groups excluding carboxylic acids is 2. The maximum absolute atomic E-state index is 14.5. The SMILES string of the molecule is CCCCNC(=O)C(Cc1ccccc1)N(Cc1ccc(Cl)cc1)C(=O)CN(c1ccccc1Cl)S(=O)(=O)c1ccc(C)cc1. The molecule has 236 valence electrons. The summed E-state index contributed by atoms with van der Waals surface area (Å²) < 4.78 is 29.3. The number of unbranched alkanes of at least 4 members (excludes halogenated alkanes) is 1. The van der Waals surface area contributed by atoms with Crippen LogP contribution >= 0.6 is 23.2 Å². The molecule has 0 bridgehead atoms. The van der Waals surface area contributed by atoms with Crippen molar-refractivity contribution in [3.8, 4) is 0 Å². The van der Waals surface area contributed by atoms with Crippen LogP contribution in [0, 0.1) is 6.92 Å². The van der Waals surface area contributed by atoms with Crippen LogP contribution in [-0.2, 0) is 32.6 Å². The Bertz CT molecular complexity index is 1680. The van der Waals surface area contributed by atoms with Gasteiger partial charge in [0, 0.05) is 24.5 Å². The van der Waals surface area contributed by atoms with E-state index < -0.39 is 28.5 Å². The van der Waals surface area contributed by atoms with Crippen molar-refractivity contribution < 1.29 is 18.0 Å². The lowest BCUT2D eigenvalue weighted by molar-refractivity contribution is -0.140. The maximum atomic E-state index is 14.5. The van der Waals surface area contributed by atoms with E-state index in [0.29, 0.717) is 11.6 Å². The third kappa shape index (κ3) is 9.10. The first-order chi connectivity index (χ1) is 21.6. The van der Waals surface area contributed by atoms with Crippen molar-refractivity contribution in [2.24, 2.45) is 0 Å². The summed E-state index contributed by atoms with van der Waals surface area (Å²) in [5.41, 5.74) is 2.64. The van der Waals surface area contributed by atoms with E-state index in [0.717, 1.165) is 33.8 Å². The monoisotopic (exact) mass is 665 g/mol. The number of hydrogen-bond acceptors (Lipinski definition) is 4. The van der Waals surface area contributed by atoms with Crippen LogP contribution in [0.1, 0.15) is 36.5 Å². The zero-order valence-corrected chi connectivity index (χ0v) is 27.7. The molecular weight excluding hydrogens is 629 g/mol. The van der Waals surface area contributed by atoms with Gasteiger partial charge in [0.05, 0.1) is 15.6 Å². The van der Waals surface area contributed by atoms with Gasteiger partial charge in [0.15, 0.2) is 0 Å². The minimum absolute atomic E-state index is 0.0169. The quantitative estimate of drug-likeness (QED) is 0.146. The molecule has 0 radical (unpaired) electrons. The number of benzene rings is 4. The average Bonchev–Trinajstić information content (AvgIpc) is 3.03. The van der Waals surface area contributed by atoms with E-state index >= 15 is 0 Å². The molecule has 0 aliphatic heterocycles. The molecule has 4 aromatic rings. The van der Waals surface area contributed by atoms with E-state index in [1.54, 1.807) is 60.7 Å². The van der Waals surface area contributed by atoms with Gasteiger partial charge in [-0.25, -0.2) is 8.42 Å². The molecule has 0 heterocycles. The molecule has 10 heteroatoms. The number of rotatable bonds is 14. The van der Waals surface area contributed by atoms with Crippen LogP contribution in [0.2, 0.25) is 10.0 Å². The molecule has 0 saturated carbocycles. The fourth-order valence-electron chi connectivity index (χ4n) is 4.85. The second-order valence-electron chi connectivity index (χ2n) is 10.8. The molecule has 1 N–H and O–H groups in total. The Morgan fingerprint density at radius 3 is 2.11 bits per heavy atom. The zero-order chi connectivity index (χ0) is 32.4. The first kappa shape index (κ1) is 34.0. The zero-order valence-electron chi connectivity index (χ0n) is 25.3. The van der Waals surface area contributed by atoms with Crippen molar-refractivity contribution in [2.75, 3.05) is 17.4 Å². The van der Waals surface area contributed by atoms with Crippen molar-refractivity contribution in [2.45, 2.75) is 50.6 Å². The van der Waals surface area contributed by atoms with Crippen LogP contribution < -0.4 is 9.62 Å². The van der Waals surface area contributed by atoms with E-state index in [1.165, 1.54) is 17.0 Å². The van der Waals surface area contributed by atoms with Crippen LogP contribution in [-0.4, -0.2) is 44.3 Å². The van der Waals surface area contributed by atoms with Crippen LogP contribution in [0.4, 0.5) is 5.69 Å². The first-order valence-electron chi connectivity index (χ1n) is 14.8. The van der Waals surface area contributed by atoms with Gasteiger partial charge in [-0.05, 0) is 60.9 Å². The summed E-state index contributed by atoms with van der Waals surface area (Å²) in [6.45, 7) is 3.81. The summed E-state index contributed by atoms with van der Waals surface area (Å²) in [6.07, 6.45) is 1.90. The van der Waals surface area contributed by atoms with Gasteiger partial charge in [-0.2, -0.15) is 0 Å². The first-order valence-corrected chi connectivity index (χ1v) is 17.0. The molecule has 4 aromatic carbocycles. The summed E-state index contributed by atoms with van der Waals surface area (Å²) in [5, 5.41) is 3.68. The summed E-state index contributed by atoms with van der Waals surface area (Å²) >= 11 is 12.7.